The predicted molar refractivity (Wildman–Crippen MR) is 56.7 cm³/mol. The maximum Gasteiger partial charge on any atom is 0.308 e. The number of hydrogen-bond acceptors (Lipinski definition) is 5. The number of thioether (sulfide) groups is 1. The van der Waals surface area contributed by atoms with E-state index in [1.165, 1.54) is 11.8 Å². The lowest BCUT2D eigenvalue weighted by molar-refractivity contribution is -0.145. The standard InChI is InChI=1S/C9H15NO4S/c1-2-14-8(12)5-7(11)6-10-3-4-15-9(10)13/h7,11H,2-6H2,1H3. The number of hydrogen-bond donors (Lipinski definition) is 1. The Hall–Kier alpha value is -0.750. The lowest BCUT2D eigenvalue weighted by atomic mass is 10.2. The van der Waals surface area contributed by atoms with Crippen LogP contribution in [-0.2, 0) is 9.53 Å². The summed E-state index contributed by atoms with van der Waals surface area (Å²) < 4.78 is 4.70. The number of β-amino-alcohol motifs (C(OH)–C–C–N with tert-alkyl or cyclic N) is 1. The number of carbonyl (C=O) groups is 2. The van der Waals surface area contributed by atoms with Gasteiger partial charge in [-0.15, -0.1) is 0 Å². The Morgan fingerprint density at radius 1 is 1.73 bits per heavy atom. The number of amides is 1. The van der Waals surface area contributed by atoms with Crippen molar-refractivity contribution in [2.45, 2.75) is 19.4 Å². The van der Waals surface area contributed by atoms with Crippen LogP contribution in [-0.4, -0.2) is 52.8 Å². The second-order valence-corrected chi connectivity index (χ2v) is 4.27. The molecule has 1 heterocycles. The van der Waals surface area contributed by atoms with Gasteiger partial charge in [0, 0.05) is 18.8 Å². The number of aliphatic hydroxyl groups excluding tert-OH is 1. The molecule has 1 amide bonds. The van der Waals surface area contributed by atoms with Gasteiger partial charge in [0.05, 0.1) is 19.1 Å². The molecule has 0 aromatic rings. The first kappa shape index (κ1) is 12.3. The van der Waals surface area contributed by atoms with Crippen molar-refractivity contribution in [3.8, 4) is 0 Å². The van der Waals surface area contributed by atoms with Gasteiger partial charge in [0.2, 0.25) is 0 Å². The van der Waals surface area contributed by atoms with Crippen molar-refractivity contribution in [2.75, 3.05) is 25.4 Å². The molecule has 1 atom stereocenters. The van der Waals surface area contributed by atoms with Crippen LogP contribution in [0.4, 0.5) is 4.79 Å². The van der Waals surface area contributed by atoms with E-state index in [4.69, 9.17) is 4.74 Å². The van der Waals surface area contributed by atoms with Gasteiger partial charge in [0.15, 0.2) is 0 Å². The molecular formula is C9H15NO4S. The van der Waals surface area contributed by atoms with Crippen molar-refractivity contribution >= 4 is 23.0 Å². The van der Waals surface area contributed by atoms with Gasteiger partial charge >= 0.3 is 5.97 Å². The van der Waals surface area contributed by atoms with Gasteiger partial charge in [0.25, 0.3) is 5.24 Å². The van der Waals surface area contributed by atoms with Gasteiger partial charge < -0.3 is 14.7 Å². The molecule has 5 nitrogen and oxygen atoms in total. The fourth-order valence-corrected chi connectivity index (χ4v) is 2.16. The average molecular weight is 233 g/mol. The summed E-state index contributed by atoms with van der Waals surface area (Å²) in [5, 5.41) is 9.49. The molecule has 0 bridgehead atoms. The molecule has 1 rings (SSSR count). The van der Waals surface area contributed by atoms with Crippen LogP contribution in [0.25, 0.3) is 0 Å². The predicted octanol–water partition coefficient (Wildman–Crippen LogP) is 0.469. The molecule has 1 aliphatic heterocycles. The summed E-state index contributed by atoms with van der Waals surface area (Å²) in [6, 6.07) is 0. The Bertz CT molecular complexity index is 246. The highest BCUT2D eigenvalue weighted by Gasteiger charge is 2.24. The molecule has 0 aromatic carbocycles. The number of carbonyl (C=O) groups excluding carboxylic acids is 2. The first-order valence-electron chi connectivity index (χ1n) is 4.89. The van der Waals surface area contributed by atoms with E-state index in [0.717, 1.165) is 5.75 Å². The number of nitrogens with zero attached hydrogens (tertiary/aromatic N) is 1. The Labute approximate surface area is 92.8 Å². The maximum absolute atomic E-state index is 11.2. The Morgan fingerprint density at radius 2 is 2.47 bits per heavy atom. The van der Waals surface area contributed by atoms with Crippen molar-refractivity contribution in [1.82, 2.24) is 4.90 Å². The molecule has 0 spiro atoms. The monoisotopic (exact) mass is 233 g/mol. The lowest BCUT2D eigenvalue weighted by Crippen LogP contribution is -2.33. The molecule has 0 aromatic heterocycles. The van der Waals surface area contributed by atoms with Crippen molar-refractivity contribution in [3.63, 3.8) is 0 Å². The van der Waals surface area contributed by atoms with Crippen LogP contribution in [0.5, 0.6) is 0 Å². The number of rotatable bonds is 5. The van der Waals surface area contributed by atoms with Crippen LogP contribution < -0.4 is 0 Å². The van der Waals surface area contributed by atoms with Crippen LogP contribution in [0, 0.1) is 0 Å². The maximum atomic E-state index is 11.2. The summed E-state index contributed by atoms with van der Waals surface area (Å²) in [4.78, 5) is 23.8. The molecule has 1 fully saturated rings. The SMILES string of the molecule is CCOC(=O)CC(O)CN1CCSC1=O. The van der Waals surface area contributed by atoms with Crippen molar-refractivity contribution in [3.05, 3.63) is 0 Å². The van der Waals surface area contributed by atoms with E-state index in [0.29, 0.717) is 13.2 Å². The topological polar surface area (TPSA) is 66.8 Å². The van der Waals surface area contributed by atoms with Crippen LogP contribution >= 0.6 is 11.8 Å². The molecule has 6 heteroatoms. The minimum absolute atomic E-state index is 0.0297. The van der Waals surface area contributed by atoms with Crippen LogP contribution in [0.1, 0.15) is 13.3 Å². The van der Waals surface area contributed by atoms with Crippen LogP contribution in [0.3, 0.4) is 0 Å². The molecule has 86 valence electrons. The molecule has 0 radical (unpaired) electrons. The summed E-state index contributed by atoms with van der Waals surface area (Å²) in [6.07, 6.45) is -0.880. The van der Waals surface area contributed by atoms with Gasteiger partial charge in [0.1, 0.15) is 0 Å². The largest absolute Gasteiger partial charge is 0.466 e. The third-order valence-corrected chi connectivity index (χ3v) is 2.88. The molecule has 15 heavy (non-hydrogen) atoms. The average Bonchev–Trinajstić information content (AvgIpc) is 2.52. The summed E-state index contributed by atoms with van der Waals surface area (Å²) in [5.41, 5.74) is 0. The Balaban J connectivity index is 2.26. The zero-order chi connectivity index (χ0) is 11.3. The molecule has 1 unspecified atom stereocenters. The number of esters is 1. The first-order valence-corrected chi connectivity index (χ1v) is 5.87. The highest BCUT2D eigenvalue weighted by atomic mass is 32.2. The third-order valence-electron chi connectivity index (χ3n) is 1.98. The Morgan fingerprint density at radius 3 is 3.00 bits per heavy atom. The minimum Gasteiger partial charge on any atom is -0.466 e. The molecule has 1 saturated heterocycles. The van der Waals surface area contributed by atoms with E-state index in [1.807, 2.05) is 0 Å². The minimum atomic E-state index is -0.827. The first-order chi connectivity index (χ1) is 7.13. The molecule has 1 aliphatic rings. The molecule has 1 N–H and O–H groups in total. The number of ether oxygens (including phenoxy) is 1. The summed E-state index contributed by atoms with van der Waals surface area (Å²) in [5.74, 6) is 0.328. The molecule has 0 saturated carbocycles. The van der Waals surface area contributed by atoms with E-state index in [-0.39, 0.29) is 18.2 Å². The summed E-state index contributed by atoms with van der Waals surface area (Å²) >= 11 is 1.24. The normalized spacial score (nSPS) is 18.0. The Kier molecular flexibility index (Phi) is 4.90. The zero-order valence-corrected chi connectivity index (χ0v) is 9.46. The molecule has 0 aliphatic carbocycles. The summed E-state index contributed by atoms with van der Waals surface area (Å²) in [7, 11) is 0. The van der Waals surface area contributed by atoms with Gasteiger partial charge in [-0.3, -0.25) is 9.59 Å². The fourth-order valence-electron chi connectivity index (χ4n) is 1.32. The third kappa shape index (κ3) is 4.09. The van der Waals surface area contributed by atoms with E-state index >= 15 is 0 Å². The lowest BCUT2D eigenvalue weighted by Gasteiger charge is -2.18. The number of aliphatic hydroxyl groups is 1. The van der Waals surface area contributed by atoms with Crippen molar-refractivity contribution in [2.24, 2.45) is 0 Å². The van der Waals surface area contributed by atoms with Gasteiger partial charge in [-0.1, -0.05) is 11.8 Å². The quantitative estimate of drug-likeness (QED) is 0.699. The highest BCUT2D eigenvalue weighted by Crippen LogP contribution is 2.17. The van der Waals surface area contributed by atoms with Crippen molar-refractivity contribution in [1.29, 1.82) is 0 Å². The van der Waals surface area contributed by atoms with E-state index in [1.54, 1.807) is 11.8 Å². The van der Waals surface area contributed by atoms with Crippen LogP contribution in [0.15, 0.2) is 0 Å². The van der Waals surface area contributed by atoms with Gasteiger partial charge in [-0.25, -0.2) is 0 Å². The fraction of sp³-hybridized carbons (Fsp3) is 0.778. The van der Waals surface area contributed by atoms with E-state index in [9.17, 15) is 14.7 Å². The second-order valence-electron chi connectivity index (χ2n) is 3.22. The summed E-state index contributed by atoms with van der Waals surface area (Å²) in [6.45, 7) is 2.88. The van der Waals surface area contributed by atoms with Gasteiger partial charge in [-0.2, -0.15) is 0 Å². The second kappa shape index (κ2) is 5.97. The smallest absolute Gasteiger partial charge is 0.308 e. The highest BCUT2D eigenvalue weighted by molar-refractivity contribution is 8.13. The zero-order valence-electron chi connectivity index (χ0n) is 8.64. The van der Waals surface area contributed by atoms with E-state index in [2.05, 4.69) is 0 Å². The van der Waals surface area contributed by atoms with Gasteiger partial charge in [-0.05, 0) is 6.92 Å². The molecular weight excluding hydrogens is 218 g/mol. The van der Waals surface area contributed by atoms with Crippen LogP contribution in [0.2, 0.25) is 0 Å². The van der Waals surface area contributed by atoms with E-state index < -0.39 is 12.1 Å². The van der Waals surface area contributed by atoms with Crippen molar-refractivity contribution < 1.29 is 19.4 Å².